The molecule has 2 atom stereocenters. The van der Waals surface area contributed by atoms with Crippen molar-refractivity contribution in [3.8, 4) is 0 Å². The van der Waals surface area contributed by atoms with Crippen LogP contribution in [-0.2, 0) is 0 Å². The topological polar surface area (TPSA) is 15.3 Å². The summed E-state index contributed by atoms with van der Waals surface area (Å²) in [7, 11) is 0. The van der Waals surface area contributed by atoms with Gasteiger partial charge in [0.2, 0.25) is 0 Å². The molecule has 4 heteroatoms. The lowest BCUT2D eigenvalue weighted by molar-refractivity contribution is 0.288. The van der Waals surface area contributed by atoms with Crippen LogP contribution >= 0.6 is 11.6 Å². The van der Waals surface area contributed by atoms with Gasteiger partial charge in [-0.3, -0.25) is 0 Å². The molecule has 1 aromatic rings. The van der Waals surface area contributed by atoms with Gasteiger partial charge in [0.25, 0.3) is 0 Å². The van der Waals surface area contributed by atoms with E-state index in [9.17, 15) is 4.39 Å². The summed E-state index contributed by atoms with van der Waals surface area (Å²) in [5, 5.41) is 4.03. The number of nitrogens with zero attached hydrogens (tertiary/aromatic N) is 1. The summed E-state index contributed by atoms with van der Waals surface area (Å²) in [6.45, 7) is 12.0. The Kier molecular flexibility index (Phi) is 8.23. The molecule has 0 aliphatic rings. The fourth-order valence-electron chi connectivity index (χ4n) is 2.61. The molecule has 0 heterocycles. The van der Waals surface area contributed by atoms with E-state index < -0.39 is 0 Å². The Morgan fingerprint density at radius 3 is 2.48 bits per heavy atom. The molecule has 0 aliphatic heterocycles. The maximum atomic E-state index is 13.1. The molecule has 0 aromatic heterocycles. The lowest BCUT2D eigenvalue weighted by Crippen LogP contribution is -2.31. The second-order valence-corrected chi connectivity index (χ2v) is 6.03. The van der Waals surface area contributed by atoms with Crippen LogP contribution in [0, 0.1) is 5.82 Å². The van der Waals surface area contributed by atoms with Crippen LogP contribution in [0.15, 0.2) is 18.2 Å². The van der Waals surface area contributed by atoms with Gasteiger partial charge in [-0.15, -0.1) is 0 Å². The molecular weight excluding hydrogens is 287 g/mol. The maximum Gasteiger partial charge on any atom is 0.124 e. The summed E-state index contributed by atoms with van der Waals surface area (Å²) in [5.41, 5.74) is 0.952. The summed E-state index contributed by atoms with van der Waals surface area (Å²) in [6.07, 6.45) is 2.30. The Morgan fingerprint density at radius 2 is 1.90 bits per heavy atom. The summed E-state index contributed by atoms with van der Waals surface area (Å²) >= 11 is 6.10. The second-order valence-electron chi connectivity index (χ2n) is 5.62. The van der Waals surface area contributed by atoms with Crippen molar-refractivity contribution in [1.29, 1.82) is 0 Å². The minimum absolute atomic E-state index is 0.126. The van der Waals surface area contributed by atoms with Gasteiger partial charge in [0.1, 0.15) is 5.82 Å². The van der Waals surface area contributed by atoms with Crippen molar-refractivity contribution < 1.29 is 4.39 Å². The predicted octanol–water partition coefficient (Wildman–Crippen LogP) is 4.64. The molecular formula is C17H28ClFN2. The van der Waals surface area contributed by atoms with Gasteiger partial charge in [-0.25, -0.2) is 4.39 Å². The average molecular weight is 315 g/mol. The number of nitrogens with one attached hydrogen (secondary N) is 1. The van der Waals surface area contributed by atoms with Crippen LogP contribution in [0.2, 0.25) is 5.02 Å². The summed E-state index contributed by atoms with van der Waals surface area (Å²) in [4.78, 5) is 2.44. The van der Waals surface area contributed by atoms with Gasteiger partial charge in [0, 0.05) is 17.1 Å². The van der Waals surface area contributed by atoms with E-state index in [1.165, 1.54) is 18.6 Å². The minimum atomic E-state index is -0.289. The molecule has 0 saturated carbocycles. The van der Waals surface area contributed by atoms with Gasteiger partial charge in [-0.2, -0.15) is 0 Å². The molecule has 0 fully saturated rings. The van der Waals surface area contributed by atoms with Gasteiger partial charge in [-0.1, -0.05) is 31.5 Å². The van der Waals surface area contributed by atoms with Crippen LogP contribution in [0.5, 0.6) is 0 Å². The van der Waals surface area contributed by atoms with Crippen molar-refractivity contribution in [1.82, 2.24) is 10.2 Å². The van der Waals surface area contributed by atoms with E-state index in [2.05, 4.69) is 37.9 Å². The van der Waals surface area contributed by atoms with Gasteiger partial charge in [0.05, 0.1) is 0 Å². The van der Waals surface area contributed by atoms with Crippen molar-refractivity contribution in [3.63, 3.8) is 0 Å². The molecule has 0 radical (unpaired) electrons. The monoisotopic (exact) mass is 314 g/mol. The van der Waals surface area contributed by atoms with E-state index in [-0.39, 0.29) is 11.9 Å². The second kappa shape index (κ2) is 9.39. The zero-order chi connectivity index (χ0) is 15.8. The van der Waals surface area contributed by atoms with E-state index in [4.69, 9.17) is 11.6 Å². The number of hydrogen-bond acceptors (Lipinski definition) is 2. The average Bonchev–Trinajstić information content (AvgIpc) is 2.43. The Bertz CT molecular complexity index is 421. The van der Waals surface area contributed by atoms with Crippen LogP contribution in [-0.4, -0.2) is 30.6 Å². The number of halogens is 2. The van der Waals surface area contributed by atoms with Crippen LogP contribution < -0.4 is 5.32 Å². The van der Waals surface area contributed by atoms with E-state index in [1.54, 1.807) is 6.07 Å². The summed E-state index contributed by atoms with van der Waals surface area (Å²) in [5.74, 6) is -0.289. The van der Waals surface area contributed by atoms with Crippen molar-refractivity contribution in [2.24, 2.45) is 0 Å². The minimum Gasteiger partial charge on any atom is -0.308 e. The highest BCUT2D eigenvalue weighted by Gasteiger charge is 2.13. The lowest BCUT2D eigenvalue weighted by atomic mass is 10.1. The molecule has 0 spiro atoms. The third-order valence-electron chi connectivity index (χ3n) is 3.97. The van der Waals surface area contributed by atoms with Crippen molar-refractivity contribution in [2.45, 2.75) is 52.6 Å². The number of benzene rings is 1. The smallest absolute Gasteiger partial charge is 0.124 e. The zero-order valence-corrected chi connectivity index (χ0v) is 14.4. The first-order chi connectivity index (χ1) is 9.97. The van der Waals surface area contributed by atoms with Gasteiger partial charge in [0.15, 0.2) is 0 Å². The summed E-state index contributed by atoms with van der Waals surface area (Å²) < 4.78 is 13.1. The van der Waals surface area contributed by atoms with Gasteiger partial charge >= 0.3 is 0 Å². The quantitative estimate of drug-likeness (QED) is 0.714. The maximum absolute atomic E-state index is 13.1. The van der Waals surface area contributed by atoms with Gasteiger partial charge in [-0.05, 0) is 64.0 Å². The third-order valence-corrected chi connectivity index (χ3v) is 4.30. The van der Waals surface area contributed by atoms with Crippen molar-refractivity contribution in [3.05, 3.63) is 34.6 Å². The van der Waals surface area contributed by atoms with E-state index in [0.717, 1.165) is 31.6 Å². The first-order valence-electron chi connectivity index (χ1n) is 7.91. The molecule has 0 saturated heterocycles. The Labute approximate surface area is 133 Å². The SMILES string of the molecule is CCN(CC)CCCC(C)NC(C)c1ccc(F)cc1Cl. The first kappa shape index (κ1) is 18.4. The predicted molar refractivity (Wildman–Crippen MR) is 89.4 cm³/mol. The third kappa shape index (κ3) is 6.33. The molecule has 0 aliphatic carbocycles. The Balaban J connectivity index is 2.41. The molecule has 1 aromatic carbocycles. The van der Waals surface area contributed by atoms with E-state index in [0.29, 0.717) is 11.1 Å². The summed E-state index contributed by atoms with van der Waals surface area (Å²) in [6, 6.07) is 5.14. The Morgan fingerprint density at radius 1 is 1.24 bits per heavy atom. The molecule has 120 valence electrons. The van der Waals surface area contributed by atoms with Gasteiger partial charge < -0.3 is 10.2 Å². The van der Waals surface area contributed by atoms with Crippen LogP contribution in [0.3, 0.4) is 0 Å². The normalized spacial score (nSPS) is 14.4. The Hall–Kier alpha value is -0.640. The zero-order valence-electron chi connectivity index (χ0n) is 13.6. The molecule has 0 amide bonds. The lowest BCUT2D eigenvalue weighted by Gasteiger charge is -2.23. The molecule has 2 unspecified atom stereocenters. The van der Waals surface area contributed by atoms with Crippen LogP contribution in [0.1, 0.15) is 52.1 Å². The van der Waals surface area contributed by atoms with Crippen molar-refractivity contribution in [2.75, 3.05) is 19.6 Å². The molecule has 21 heavy (non-hydrogen) atoms. The van der Waals surface area contributed by atoms with E-state index >= 15 is 0 Å². The highest BCUT2D eigenvalue weighted by Crippen LogP contribution is 2.24. The fraction of sp³-hybridized carbons (Fsp3) is 0.647. The molecule has 1 rings (SSSR count). The molecule has 2 nitrogen and oxygen atoms in total. The fourth-order valence-corrected chi connectivity index (χ4v) is 2.94. The van der Waals surface area contributed by atoms with E-state index in [1.807, 2.05) is 0 Å². The number of rotatable bonds is 9. The van der Waals surface area contributed by atoms with Crippen molar-refractivity contribution >= 4 is 11.6 Å². The largest absolute Gasteiger partial charge is 0.308 e. The number of hydrogen-bond donors (Lipinski definition) is 1. The standard InChI is InChI=1S/C17H28ClFN2/c1-5-21(6-2)11-7-8-13(3)20-14(4)16-10-9-15(19)12-17(16)18/h9-10,12-14,20H,5-8,11H2,1-4H3. The first-order valence-corrected chi connectivity index (χ1v) is 8.29. The van der Waals surface area contributed by atoms with Crippen LogP contribution in [0.4, 0.5) is 4.39 Å². The molecule has 1 N–H and O–H groups in total. The van der Waals surface area contributed by atoms with Crippen LogP contribution in [0.25, 0.3) is 0 Å². The highest BCUT2D eigenvalue weighted by atomic mass is 35.5. The highest BCUT2D eigenvalue weighted by molar-refractivity contribution is 6.31. The molecule has 0 bridgehead atoms.